The topological polar surface area (TPSA) is 67.6 Å². The number of nitro groups is 1. The molecule has 0 spiro atoms. The first-order valence-corrected chi connectivity index (χ1v) is 7.46. The van der Waals surface area contributed by atoms with Crippen molar-refractivity contribution in [3.05, 3.63) is 28.3 Å². The largest absolute Gasteiger partial charge is 0.487 e. The predicted molar refractivity (Wildman–Crippen MR) is 83.1 cm³/mol. The molecule has 1 aliphatic heterocycles. The van der Waals surface area contributed by atoms with Gasteiger partial charge in [0, 0.05) is 30.9 Å². The fraction of sp³-hybridized carbons (Fsp3) is 0.600. The van der Waals surface area contributed by atoms with Crippen LogP contribution in [0.2, 0.25) is 0 Å². The number of nitrogens with one attached hydrogen (secondary N) is 1. The van der Waals surface area contributed by atoms with E-state index >= 15 is 0 Å². The monoisotopic (exact) mass is 293 g/mol. The van der Waals surface area contributed by atoms with Crippen LogP contribution in [0.25, 0.3) is 0 Å². The third kappa shape index (κ3) is 3.85. The van der Waals surface area contributed by atoms with Gasteiger partial charge in [-0.1, -0.05) is 6.92 Å². The Morgan fingerprint density at radius 1 is 1.52 bits per heavy atom. The van der Waals surface area contributed by atoms with Gasteiger partial charge in [0.05, 0.1) is 11.5 Å². The summed E-state index contributed by atoms with van der Waals surface area (Å²) in [6, 6.07) is 5.17. The summed E-state index contributed by atoms with van der Waals surface area (Å²) in [5, 5.41) is 14.3. The van der Waals surface area contributed by atoms with E-state index in [2.05, 4.69) is 10.2 Å². The molecule has 6 nitrogen and oxygen atoms in total. The summed E-state index contributed by atoms with van der Waals surface area (Å²) in [5.41, 5.74) is 1.04. The number of benzene rings is 1. The molecule has 1 aliphatic rings. The lowest BCUT2D eigenvalue weighted by Crippen LogP contribution is -2.24. The van der Waals surface area contributed by atoms with Crippen LogP contribution in [0.3, 0.4) is 0 Å². The van der Waals surface area contributed by atoms with Crippen molar-refractivity contribution < 1.29 is 9.66 Å². The van der Waals surface area contributed by atoms with Crippen LogP contribution in [0.1, 0.15) is 19.8 Å². The van der Waals surface area contributed by atoms with Crippen molar-refractivity contribution in [3.8, 4) is 5.75 Å². The Balaban J connectivity index is 2.15. The van der Waals surface area contributed by atoms with Gasteiger partial charge in [0.2, 0.25) is 0 Å². The summed E-state index contributed by atoms with van der Waals surface area (Å²) in [4.78, 5) is 12.9. The Bertz CT molecular complexity index is 493. The maximum Gasteiger partial charge on any atom is 0.311 e. The Hall–Kier alpha value is -1.82. The predicted octanol–water partition coefficient (Wildman–Crippen LogP) is 2.43. The average molecular weight is 293 g/mol. The van der Waals surface area contributed by atoms with Gasteiger partial charge in [-0.15, -0.1) is 0 Å². The van der Waals surface area contributed by atoms with Crippen LogP contribution in [0.4, 0.5) is 11.4 Å². The van der Waals surface area contributed by atoms with E-state index < -0.39 is 0 Å². The molecule has 1 aromatic rings. The zero-order valence-electron chi connectivity index (χ0n) is 12.7. The smallest absolute Gasteiger partial charge is 0.311 e. The van der Waals surface area contributed by atoms with E-state index in [0.717, 1.165) is 38.2 Å². The molecule has 1 saturated heterocycles. The second-order valence-corrected chi connectivity index (χ2v) is 5.42. The van der Waals surface area contributed by atoms with Crippen LogP contribution >= 0.6 is 0 Å². The normalized spacial score (nSPS) is 18.0. The lowest BCUT2D eigenvalue weighted by atomic mass is 10.1. The van der Waals surface area contributed by atoms with Crippen molar-refractivity contribution in [1.29, 1.82) is 0 Å². The van der Waals surface area contributed by atoms with Crippen LogP contribution in [0.15, 0.2) is 18.2 Å². The molecule has 1 aromatic carbocycles. The van der Waals surface area contributed by atoms with E-state index in [4.69, 9.17) is 4.74 Å². The van der Waals surface area contributed by atoms with Gasteiger partial charge >= 0.3 is 5.69 Å². The zero-order valence-corrected chi connectivity index (χ0v) is 12.7. The maximum atomic E-state index is 11.1. The lowest BCUT2D eigenvalue weighted by molar-refractivity contribution is -0.385. The Morgan fingerprint density at radius 3 is 3.00 bits per heavy atom. The molecule has 6 heteroatoms. The van der Waals surface area contributed by atoms with Crippen LogP contribution in [-0.4, -0.2) is 38.2 Å². The molecule has 1 heterocycles. The quantitative estimate of drug-likeness (QED) is 0.617. The van der Waals surface area contributed by atoms with Crippen molar-refractivity contribution in [1.82, 2.24) is 5.32 Å². The van der Waals surface area contributed by atoms with Gasteiger partial charge in [-0.2, -0.15) is 0 Å². The Labute approximate surface area is 125 Å². The van der Waals surface area contributed by atoms with Gasteiger partial charge in [0.1, 0.15) is 0 Å². The van der Waals surface area contributed by atoms with Crippen molar-refractivity contribution in [2.45, 2.75) is 19.8 Å². The number of nitrogens with zero attached hydrogens (tertiary/aromatic N) is 2. The number of rotatable bonds is 7. The SMILES string of the molecule is CCCOc1cc(N2CCC(CNC)C2)ccc1[N+](=O)[O-]. The van der Waals surface area contributed by atoms with Crippen molar-refractivity contribution in [3.63, 3.8) is 0 Å². The molecule has 0 amide bonds. The van der Waals surface area contributed by atoms with Crippen molar-refractivity contribution >= 4 is 11.4 Å². The highest BCUT2D eigenvalue weighted by molar-refractivity contribution is 5.59. The minimum absolute atomic E-state index is 0.0400. The summed E-state index contributed by atoms with van der Waals surface area (Å²) in [7, 11) is 1.96. The third-order valence-electron chi connectivity index (χ3n) is 3.75. The molecular weight excluding hydrogens is 270 g/mol. The van der Waals surface area contributed by atoms with E-state index in [1.54, 1.807) is 12.1 Å². The zero-order chi connectivity index (χ0) is 15.2. The minimum Gasteiger partial charge on any atom is -0.487 e. The molecule has 21 heavy (non-hydrogen) atoms. The number of ether oxygens (including phenoxy) is 1. The van der Waals surface area contributed by atoms with E-state index in [9.17, 15) is 10.1 Å². The van der Waals surface area contributed by atoms with Crippen LogP contribution in [-0.2, 0) is 0 Å². The molecule has 116 valence electrons. The second kappa shape index (κ2) is 7.26. The minimum atomic E-state index is -0.386. The Morgan fingerprint density at radius 2 is 2.33 bits per heavy atom. The molecule has 1 unspecified atom stereocenters. The van der Waals surface area contributed by atoms with Gasteiger partial charge in [0.15, 0.2) is 5.75 Å². The van der Waals surface area contributed by atoms with E-state index in [1.165, 1.54) is 0 Å². The number of anilines is 1. The molecule has 1 N–H and O–H groups in total. The standard InChI is InChI=1S/C15H23N3O3/c1-3-8-21-15-9-13(4-5-14(15)18(19)20)17-7-6-12(11-17)10-16-2/h4-5,9,12,16H,3,6-8,10-11H2,1-2H3. The third-order valence-corrected chi connectivity index (χ3v) is 3.75. The summed E-state index contributed by atoms with van der Waals surface area (Å²) >= 11 is 0. The summed E-state index contributed by atoms with van der Waals surface area (Å²) in [6.07, 6.45) is 1.97. The molecule has 1 fully saturated rings. The van der Waals surface area contributed by atoms with Gasteiger partial charge in [-0.25, -0.2) is 0 Å². The molecule has 0 aromatic heterocycles. The molecule has 0 radical (unpaired) electrons. The highest BCUT2D eigenvalue weighted by Gasteiger charge is 2.24. The second-order valence-electron chi connectivity index (χ2n) is 5.42. The highest BCUT2D eigenvalue weighted by atomic mass is 16.6. The number of hydrogen-bond donors (Lipinski definition) is 1. The van der Waals surface area contributed by atoms with Crippen LogP contribution in [0.5, 0.6) is 5.75 Å². The molecule has 0 bridgehead atoms. The summed E-state index contributed by atoms with van der Waals surface area (Å²) in [6.45, 7) is 5.44. The van der Waals surface area contributed by atoms with E-state index in [1.807, 2.05) is 20.0 Å². The van der Waals surface area contributed by atoms with Gasteiger partial charge < -0.3 is 15.0 Å². The number of nitro benzene ring substituents is 1. The highest BCUT2D eigenvalue weighted by Crippen LogP contribution is 2.33. The number of hydrogen-bond acceptors (Lipinski definition) is 5. The first-order chi connectivity index (χ1) is 10.2. The van der Waals surface area contributed by atoms with Crippen molar-refractivity contribution in [2.75, 3.05) is 38.2 Å². The molecule has 0 saturated carbocycles. The molecule has 1 atom stereocenters. The van der Waals surface area contributed by atoms with Crippen molar-refractivity contribution in [2.24, 2.45) is 5.92 Å². The van der Waals surface area contributed by atoms with Crippen LogP contribution < -0.4 is 15.0 Å². The molecule has 0 aliphatic carbocycles. The molecular formula is C15H23N3O3. The summed E-state index contributed by atoms with van der Waals surface area (Å²) < 4.78 is 5.54. The van der Waals surface area contributed by atoms with Gasteiger partial charge in [0.25, 0.3) is 0 Å². The first kappa shape index (κ1) is 15.6. The summed E-state index contributed by atoms with van der Waals surface area (Å²) in [5.74, 6) is 1.00. The lowest BCUT2D eigenvalue weighted by Gasteiger charge is -2.19. The van der Waals surface area contributed by atoms with Crippen LogP contribution in [0, 0.1) is 16.0 Å². The average Bonchev–Trinajstić information content (AvgIpc) is 2.93. The molecule has 2 rings (SSSR count). The Kier molecular flexibility index (Phi) is 5.38. The first-order valence-electron chi connectivity index (χ1n) is 7.46. The van der Waals surface area contributed by atoms with E-state index in [-0.39, 0.29) is 10.6 Å². The van der Waals surface area contributed by atoms with Gasteiger partial charge in [-0.05, 0) is 38.4 Å². The van der Waals surface area contributed by atoms with Gasteiger partial charge in [-0.3, -0.25) is 10.1 Å². The fourth-order valence-electron chi connectivity index (χ4n) is 2.70. The fourth-order valence-corrected chi connectivity index (χ4v) is 2.70. The maximum absolute atomic E-state index is 11.1. The van der Waals surface area contributed by atoms with E-state index in [0.29, 0.717) is 18.3 Å².